The highest BCUT2D eigenvalue weighted by Crippen LogP contribution is 2.11. The van der Waals surface area contributed by atoms with Crippen molar-refractivity contribution in [1.29, 1.82) is 5.26 Å². The zero-order chi connectivity index (χ0) is 11.3. The molecule has 0 N–H and O–H groups in total. The quantitative estimate of drug-likeness (QED) is 0.706. The van der Waals surface area contributed by atoms with Crippen molar-refractivity contribution in [3.63, 3.8) is 0 Å². The van der Waals surface area contributed by atoms with Gasteiger partial charge in [-0.25, -0.2) is 0 Å². The summed E-state index contributed by atoms with van der Waals surface area (Å²) in [5.74, 6) is -0.294. The average Bonchev–Trinajstić information content (AvgIpc) is 2.21. The van der Waals surface area contributed by atoms with Crippen LogP contribution in [-0.4, -0.2) is 12.6 Å². The molecular formula is C12H13NO2. The van der Waals surface area contributed by atoms with Crippen LogP contribution in [0.5, 0.6) is 0 Å². The second-order valence-electron chi connectivity index (χ2n) is 3.25. The third kappa shape index (κ3) is 3.10. The molecule has 0 aliphatic carbocycles. The number of esters is 1. The van der Waals surface area contributed by atoms with Crippen LogP contribution in [0.25, 0.3) is 0 Å². The molecule has 3 nitrogen and oxygen atoms in total. The van der Waals surface area contributed by atoms with Gasteiger partial charge in [0.15, 0.2) is 0 Å². The Labute approximate surface area is 89.3 Å². The van der Waals surface area contributed by atoms with E-state index in [-0.39, 0.29) is 12.4 Å². The molecule has 0 amide bonds. The third-order valence-electron chi connectivity index (χ3n) is 2.03. The number of ether oxygens (including phenoxy) is 1. The molecule has 0 saturated carbocycles. The van der Waals surface area contributed by atoms with E-state index < -0.39 is 0 Å². The van der Waals surface area contributed by atoms with Gasteiger partial charge in [0.25, 0.3) is 0 Å². The third-order valence-corrected chi connectivity index (χ3v) is 2.03. The molecule has 0 atom stereocenters. The first-order chi connectivity index (χ1) is 7.17. The number of aryl methyl sites for hydroxylation is 1. The highest BCUT2D eigenvalue weighted by atomic mass is 16.5. The molecule has 0 bridgehead atoms. The van der Waals surface area contributed by atoms with Crippen LogP contribution in [0.15, 0.2) is 18.2 Å². The van der Waals surface area contributed by atoms with Gasteiger partial charge in [0, 0.05) is 0 Å². The molecule has 0 aliphatic rings. The second kappa shape index (κ2) is 5.16. The molecule has 0 fully saturated rings. The molecule has 1 aromatic rings. The Kier molecular flexibility index (Phi) is 3.87. The van der Waals surface area contributed by atoms with Gasteiger partial charge < -0.3 is 4.74 Å². The lowest BCUT2D eigenvalue weighted by Crippen LogP contribution is -2.08. The molecule has 1 rings (SSSR count). The van der Waals surface area contributed by atoms with E-state index in [2.05, 4.69) is 6.07 Å². The molecule has 78 valence electrons. The van der Waals surface area contributed by atoms with Crippen LogP contribution < -0.4 is 0 Å². The van der Waals surface area contributed by atoms with E-state index in [0.717, 1.165) is 11.1 Å². The topological polar surface area (TPSA) is 50.1 Å². The van der Waals surface area contributed by atoms with E-state index in [1.807, 2.05) is 13.0 Å². The van der Waals surface area contributed by atoms with Crippen LogP contribution in [0.4, 0.5) is 0 Å². The smallest absolute Gasteiger partial charge is 0.310 e. The fourth-order valence-electron chi connectivity index (χ4n) is 1.32. The molecule has 3 heteroatoms. The van der Waals surface area contributed by atoms with Crippen molar-refractivity contribution in [1.82, 2.24) is 0 Å². The van der Waals surface area contributed by atoms with Gasteiger partial charge in [0.2, 0.25) is 0 Å². The molecule has 0 radical (unpaired) electrons. The maximum atomic E-state index is 11.2. The van der Waals surface area contributed by atoms with Gasteiger partial charge in [0.05, 0.1) is 24.7 Å². The predicted molar refractivity (Wildman–Crippen MR) is 56.2 cm³/mol. The van der Waals surface area contributed by atoms with Crippen molar-refractivity contribution in [2.45, 2.75) is 20.3 Å². The molecule has 0 heterocycles. The van der Waals surface area contributed by atoms with E-state index in [9.17, 15) is 4.79 Å². The number of carbonyl (C=O) groups excluding carboxylic acids is 1. The standard InChI is InChI=1S/C12H13NO2/c1-3-15-12(14)7-10-5-4-9(2)6-11(10)8-13/h4-6H,3,7H2,1-2H3. The van der Waals surface area contributed by atoms with Crippen LogP contribution >= 0.6 is 0 Å². The van der Waals surface area contributed by atoms with E-state index in [1.54, 1.807) is 19.1 Å². The Bertz CT molecular complexity index is 405. The molecule has 0 spiro atoms. The van der Waals surface area contributed by atoms with Crippen molar-refractivity contribution in [3.05, 3.63) is 34.9 Å². The summed E-state index contributed by atoms with van der Waals surface area (Å²) < 4.78 is 4.83. The Balaban J connectivity index is 2.86. The number of carbonyl (C=O) groups is 1. The van der Waals surface area contributed by atoms with Crippen LogP contribution in [0.1, 0.15) is 23.6 Å². The van der Waals surface area contributed by atoms with E-state index in [1.165, 1.54) is 0 Å². The predicted octanol–water partition coefficient (Wildman–Crippen LogP) is 1.97. The fourth-order valence-corrected chi connectivity index (χ4v) is 1.32. The van der Waals surface area contributed by atoms with Gasteiger partial charge in [-0.2, -0.15) is 5.26 Å². The monoisotopic (exact) mass is 203 g/mol. The van der Waals surface area contributed by atoms with Gasteiger partial charge >= 0.3 is 5.97 Å². The normalized spacial score (nSPS) is 9.40. The zero-order valence-electron chi connectivity index (χ0n) is 8.91. The van der Waals surface area contributed by atoms with Gasteiger partial charge in [-0.15, -0.1) is 0 Å². The summed E-state index contributed by atoms with van der Waals surface area (Å²) >= 11 is 0. The number of rotatable bonds is 3. The van der Waals surface area contributed by atoms with E-state index >= 15 is 0 Å². The lowest BCUT2D eigenvalue weighted by molar-refractivity contribution is -0.142. The lowest BCUT2D eigenvalue weighted by Gasteiger charge is -2.04. The van der Waals surface area contributed by atoms with Crippen LogP contribution in [0, 0.1) is 18.3 Å². The van der Waals surface area contributed by atoms with Crippen molar-refractivity contribution in [3.8, 4) is 6.07 Å². The largest absolute Gasteiger partial charge is 0.466 e. The minimum Gasteiger partial charge on any atom is -0.466 e. The summed E-state index contributed by atoms with van der Waals surface area (Å²) in [5.41, 5.74) is 2.28. The first-order valence-corrected chi connectivity index (χ1v) is 4.82. The maximum absolute atomic E-state index is 11.2. The lowest BCUT2D eigenvalue weighted by atomic mass is 10.0. The highest BCUT2D eigenvalue weighted by molar-refractivity contribution is 5.73. The summed E-state index contributed by atoms with van der Waals surface area (Å²) in [4.78, 5) is 11.2. The Morgan fingerprint density at radius 3 is 2.87 bits per heavy atom. The molecule has 0 unspecified atom stereocenters. The summed E-state index contributed by atoms with van der Waals surface area (Å²) in [6, 6.07) is 7.53. The molecule has 0 aliphatic heterocycles. The summed E-state index contributed by atoms with van der Waals surface area (Å²) in [5, 5.41) is 8.88. The first-order valence-electron chi connectivity index (χ1n) is 4.82. The number of nitriles is 1. The molecule has 15 heavy (non-hydrogen) atoms. The Hall–Kier alpha value is -1.82. The minimum atomic E-state index is -0.294. The second-order valence-corrected chi connectivity index (χ2v) is 3.25. The van der Waals surface area contributed by atoms with Gasteiger partial charge in [-0.05, 0) is 31.0 Å². The van der Waals surface area contributed by atoms with Crippen molar-refractivity contribution in [2.24, 2.45) is 0 Å². The molecule has 0 aromatic heterocycles. The maximum Gasteiger partial charge on any atom is 0.310 e. The Morgan fingerprint density at radius 1 is 1.53 bits per heavy atom. The number of benzene rings is 1. The van der Waals surface area contributed by atoms with E-state index in [0.29, 0.717) is 12.2 Å². The summed E-state index contributed by atoms with van der Waals surface area (Å²) in [6.07, 6.45) is 0.164. The molecule has 1 aromatic carbocycles. The average molecular weight is 203 g/mol. The van der Waals surface area contributed by atoms with Crippen molar-refractivity contribution in [2.75, 3.05) is 6.61 Å². The molecule has 0 saturated heterocycles. The van der Waals surface area contributed by atoms with Crippen LogP contribution in [0.3, 0.4) is 0 Å². The summed E-state index contributed by atoms with van der Waals surface area (Å²) in [6.45, 7) is 4.04. The minimum absolute atomic E-state index is 0.164. The Morgan fingerprint density at radius 2 is 2.27 bits per heavy atom. The van der Waals surface area contributed by atoms with Crippen LogP contribution in [-0.2, 0) is 16.0 Å². The first kappa shape index (κ1) is 11.3. The van der Waals surface area contributed by atoms with Crippen molar-refractivity contribution < 1.29 is 9.53 Å². The van der Waals surface area contributed by atoms with Gasteiger partial charge in [0.1, 0.15) is 0 Å². The SMILES string of the molecule is CCOC(=O)Cc1ccc(C)cc1C#N. The number of hydrogen-bond acceptors (Lipinski definition) is 3. The number of hydrogen-bond donors (Lipinski definition) is 0. The van der Waals surface area contributed by atoms with Crippen LogP contribution in [0.2, 0.25) is 0 Å². The van der Waals surface area contributed by atoms with Crippen molar-refractivity contribution >= 4 is 5.97 Å². The fraction of sp³-hybridized carbons (Fsp3) is 0.333. The summed E-state index contributed by atoms with van der Waals surface area (Å²) in [7, 11) is 0. The van der Waals surface area contributed by atoms with Gasteiger partial charge in [-0.3, -0.25) is 4.79 Å². The highest BCUT2D eigenvalue weighted by Gasteiger charge is 2.08. The number of nitrogens with zero attached hydrogens (tertiary/aromatic N) is 1. The molecular weight excluding hydrogens is 190 g/mol. The van der Waals surface area contributed by atoms with E-state index in [4.69, 9.17) is 10.00 Å². The van der Waals surface area contributed by atoms with Gasteiger partial charge in [-0.1, -0.05) is 12.1 Å². The zero-order valence-corrected chi connectivity index (χ0v) is 8.91.